The molecule has 1 aliphatic heterocycles. The molecule has 0 N–H and O–H groups in total. The molecule has 0 saturated carbocycles. The van der Waals surface area contributed by atoms with Crippen molar-refractivity contribution in [1.29, 1.82) is 0 Å². The Morgan fingerprint density at radius 1 is 1.26 bits per heavy atom. The van der Waals surface area contributed by atoms with Crippen LogP contribution < -0.4 is 4.90 Å². The highest BCUT2D eigenvalue weighted by atomic mass is 35.5. The molecule has 0 bridgehead atoms. The largest absolute Gasteiger partial charge is 0.334 e. The number of amides is 3. The van der Waals surface area contributed by atoms with Crippen molar-refractivity contribution in [2.75, 3.05) is 37.6 Å². The van der Waals surface area contributed by atoms with Gasteiger partial charge in [-0.15, -0.1) is 13.2 Å². The number of rotatable bonds is 7. The first-order valence-electron chi connectivity index (χ1n) is 7.38. The summed E-state index contributed by atoms with van der Waals surface area (Å²) >= 11 is 5.97. The Labute approximate surface area is 141 Å². The van der Waals surface area contributed by atoms with Crippen LogP contribution in [0.25, 0.3) is 0 Å². The maximum Gasteiger partial charge on any atom is 0.325 e. The topological polar surface area (TPSA) is 43.9 Å². The molecule has 6 heteroatoms. The van der Waals surface area contributed by atoms with Gasteiger partial charge < -0.3 is 9.80 Å². The van der Waals surface area contributed by atoms with Crippen molar-refractivity contribution in [3.63, 3.8) is 0 Å². The summed E-state index contributed by atoms with van der Waals surface area (Å²) in [7, 11) is 0. The minimum atomic E-state index is -0.183. The van der Waals surface area contributed by atoms with Crippen molar-refractivity contribution >= 4 is 29.2 Å². The first kappa shape index (κ1) is 17.1. The summed E-state index contributed by atoms with van der Waals surface area (Å²) in [5.41, 5.74) is 0.742. The normalized spacial score (nSPS) is 14.0. The van der Waals surface area contributed by atoms with Crippen molar-refractivity contribution < 1.29 is 9.59 Å². The van der Waals surface area contributed by atoms with Crippen molar-refractivity contribution in [1.82, 2.24) is 9.80 Å². The molecule has 5 nitrogen and oxygen atoms in total. The number of carbonyl (C=O) groups excluding carboxylic acids is 2. The number of nitrogens with zero attached hydrogens (tertiary/aromatic N) is 3. The van der Waals surface area contributed by atoms with E-state index >= 15 is 0 Å². The summed E-state index contributed by atoms with van der Waals surface area (Å²) in [6.07, 6.45) is 3.32. The average molecular weight is 334 g/mol. The summed E-state index contributed by atoms with van der Waals surface area (Å²) in [4.78, 5) is 29.6. The molecule has 0 spiro atoms. The highest BCUT2D eigenvalue weighted by molar-refractivity contribution is 6.30. The van der Waals surface area contributed by atoms with Gasteiger partial charge in [-0.3, -0.25) is 9.69 Å². The number of hydrogen-bond acceptors (Lipinski definition) is 2. The van der Waals surface area contributed by atoms with Crippen LogP contribution in [0.15, 0.2) is 49.6 Å². The predicted octanol–water partition coefficient (Wildman–Crippen LogP) is 2.78. The maximum absolute atomic E-state index is 12.5. The fraction of sp³-hybridized carbons (Fsp3) is 0.294. The van der Waals surface area contributed by atoms with Crippen LogP contribution in [0, 0.1) is 0 Å². The predicted molar refractivity (Wildman–Crippen MR) is 92.7 cm³/mol. The highest BCUT2D eigenvalue weighted by Gasteiger charge is 2.31. The molecule has 1 aromatic rings. The summed E-state index contributed by atoms with van der Waals surface area (Å²) in [6.45, 7) is 9.25. The van der Waals surface area contributed by atoms with Gasteiger partial charge in [0.05, 0.1) is 0 Å². The van der Waals surface area contributed by atoms with Crippen LogP contribution in [0.3, 0.4) is 0 Å². The lowest BCUT2D eigenvalue weighted by molar-refractivity contribution is -0.130. The van der Waals surface area contributed by atoms with Crippen LogP contribution in [-0.2, 0) is 4.79 Å². The smallest absolute Gasteiger partial charge is 0.325 e. The van der Waals surface area contributed by atoms with E-state index < -0.39 is 0 Å². The van der Waals surface area contributed by atoms with E-state index in [9.17, 15) is 9.59 Å². The van der Waals surface area contributed by atoms with Gasteiger partial charge >= 0.3 is 6.03 Å². The van der Waals surface area contributed by atoms with E-state index in [0.717, 1.165) is 5.69 Å². The lowest BCUT2D eigenvalue weighted by Gasteiger charge is -2.23. The summed E-state index contributed by atoms with van der Waals surface area (Å²) in [5, 5.41) is 0.577. The maximum atomic E-state index is 12.5. The Bertz CT molecular complexity index is 608. The Morgan fingerprint density at radius 2 is 1.96 bits per heavy atom. The molecule has 0 radical (unpaired) electrons. The van der Waals surface area contributed by atoms with Crippen molar-refractivity contribution in [3.05, 3.63) is 54.6 Å². The third kappa shape index (κ3) is 4.13. The minimum absolute atomic E-state index is 0.0532. The molecule has 3 amide bonds. The van der Waals surface area contributed by atoms with Gasteiger partial charge in [0, 0.05) is 36.9 Å². The third-order valence-corrected chi connectivity index (χ3v) is 3.83. The van der Waals surface area contributed by atoms with E-state index in [4.69, 9.17) is 11.6 Å². The highest BCUT2D eigenvalue weighted by Crippen LogP contribution is 2.23. The molecule has 0 atom stereocenters. The van der Waals surface area contributed by atoms with Gasteiger partial charge in [-0.2, -0.15) is 0 Å². The van der Waals surface area contributed by atoms with Gasteiger partial charge in [0.2, 0.25) is 5.91 Å². The SMILES string of the molecule is C=CCN(CC=C)C(=O)CN1CCN(c2cccc(Cl)c2)C1=O. The molecule has 1 fully saturated rings. The molecule has 1 heterocycles. The molecule has 2 rings (SSSR count). The molecule has 1 saturated heterocycles. The summed E-state index contributed by atoms with van der Waals surface area (Å²) in [5.74, 6) is -0.119. The molecule has 1 aliphatic rings. The Hall–Kier alpha value is -2.27. The van der Waals surface area contributed by atoms with Crippen LogP contribution >= 0.6 is 11.6 Å². The minimum Gasteiger partial charge on any atom is -0.334 e. The zero-order valence-electron chi connectivity index (χ0n) is 12.9. The fourth-order valence-corrected chi connectivity index (χ4v) is 2.65. The van der Waals surface area contributed by atoms with Gasteiger partial charge in [-0.05, 0) is 18.2 Å². The van der Waals surface area contributed by atoms with E-state index in [2.05, 4.69) is 13.2 Å². The van der Waals surface area contributed by atoms with Crippen molar-refractivity contribution in [2.24, 2.45) is 0 Å². The second kappa shape index (κ2) is 7.83. The zero-order chi connectivity index (χ0) is 16.8. The number of hydrogen-bond donors (Lipinski definition) is 0. The van der Waals surface area contributed by atoms with Gasteiger partial charge in [0.15, 0.2) is 0 Å². The van der Waals surface area contributed by atoms with Gasteiger partial charge in [-0.25, -0.2) is 4.79 Å². The fourth-order valence-electron chi connectivity index (χ4n) is 2.47. The molecular formula is C17H20ClN3O2. The molecule has 1 aromatic carbocycles. The van der Waals surface area contributed by atoms with Gasteiger partial charge in [0.25, 0.3) is 0 Å². The second-order valence-electron chi connectivity index (χ2n) is 5.21. The van der Waals surface area contributed by atoms with E-state index in [1.807, 2.05) is 6.07 Å². The standard InChI is InChI=1S/C17H20ClN3O2/c1-3-8-19(9-4-2)16(22)13-20-10-11-21(17(20)23)15-7-5-6-14(18)12-15/h3-7,12H,1-2,8-11,13H2. The average Bonchev–Trinajstić information content (AvgIpc) is 2.88. The van der Waals surface area contributed by atoms with E-state index in [0.29, 0.717) is 31.2 Å². The third-order valence-electron chi connectivity index (χ3n) is 3.59. The van der Waals surface area contributed by atoms with Crippen LogP contribution in [-0.4, -0.2) is 54.5 Å². The summed E-state index contributed by atoms with van der Waals surface area (Å²) in [6, 6.07) is 6.95. The number of benzene rings is 1. The Morgan fingerprint density at radius 3 is 2.57 bits per heavy atom. The van der Waals surface area contributed by atoms with Crippen LogP contribution in [0.1, 0.15) is 0 Å². The van der Waals surface area contributed by atoms with E-state index in [1.165, 1.54) is 0 Å². The molecule has 23 heavy (non-hydrogen) atoms. The molecule has 0 aromatic heterocycles. The Balaban J connectivity index is 2.02. The van der Waals surface area contributed by atoms with Crippen molar-refractivity contribution in [2.45, 2.75) is 0 Å². The van der Waals surface area contributed by atoms with Crippen LogP contribution in [0.2, 0.25) is 5.02 Å². The molecule has 0 aliphatic carbocycles. The van der Waals surface area contributed by atoms with Crippen molar-refractivity contribution in [3.8, 4) is 0 Å². The van der Waals surface area contributed by atoms with Crippen LogP contribution in [0.4, 0.5) is 10.5 Å². The van der Waals surface area contributed by atoms with E-state index in [-0.39, 0.29) is 18.5 Å². The second-order valence-corrected chi connectivity index (χ2v) is 5.65. The Kier molecular flexibility index (Phi) is 5.82. The monoisotopic (exact) mass is 333 g/mol. The van der Waals surface area contributed by atoms with E-state index in [1.54, 1.807) is 45.1 Å². The first-order valence-corrected chi connectivity index (χ1v) is 7.76. The number of anilines is 1. The molecular weight excluding hydrogens is 314 g/mol. The number of carbonyl (C=O) groups is 2. The quantitative estimate of drug-likeness (QED) is 0.720. The van der Waals surface area contributed by atoms with Gasteiger partial charge in [0.1, 0.15) is 6.54 Å². The lowest BCUT2D eigenvalue weighted by Crippen LogP contribution is -2.42. The van der Waals surface area contributed by atoms with Gasteiger partial charge in [-0.1, -0.05) is 29.8 Å². The zero-order valence-corrected chi connectivity index (χ0v) is 13.7. The van der Waals surface area contributed by atoms with Crippen LogP contribution in [0.5, 0.6) is 0 Å². The first-order chi connectivity index (χ1) is 11.1. The summed E-state index contributed by atoms with van der Waals surface area (Å²) < 4.78 is 0. The number of halogens is 1. The number of urea groups is 1. The lowest BCUT2D eigenvalue weighted by atomic mass is 10.3. The molecule has 0 unspecified atom stereocenters. The molecule has 122 valence electrons.